The lowest BCUT2D eigenvalue weighted by Gasteiger charge is -2.52. The molecule has 0 amide bonds. The van der Waals surface area contributed by atoms with Crippen LogP contribution in [0.2, 0.25) is 0 Å². The van der Waals surface area contributed by atoms with Gasteiger partial charge in [0.05, 0.1) is 0 Å². The highest BCUT2D eigenvalue weighted by Gasteiger charge is 2.63. The Morgan fingerprint density at radius 3 is 0.464 bits per heavy atom. The summed E-state index contributed by atoms with van der Waals surface area (Å²) >= 11 is 0. The first-order valence-electron chi connectivity index (χ1n) is 50.7. The van der Waals surface area contributed by atoms with E-state index in [0.717, 1.165) is 216 Å². The molecule has 12 bridgehead atoms. The van der Waals surface area contributed by atoms with E-state index >= 15 is 0 Å². The minimum Gasteiger partial charge on any atom is -0.0764 e. The van der Waals surface area contributed by atoms with Crippen LogP contribution in [0.5, 0.6) is 0 Å². The minimum absolute atomic E-state index is 0.890. The maximum Gasteiger partial charge on any atom is 0.108 e. The van der Waals surface area contributed by atoms with E-state index in [1.54, 1.807) is 0 Å². The third-order valence-electron chi connectivity index (χ3n) is 33.3. The van der Waals surface area contributed by atoms with Crippen molar-refractivity contribution >= 4 is 43.1 Å². The Balaban J connectivity index is 0.706. The smallest absolute Gasteiger partial charge is 0.0764 e. The zero-order chi connectivity index (χ0) is 93.0. The average Bonchev–Trinajstić information content (AvgIpc) is 0.670. The van der Waals surface area contributed by atoms with Gasteiger partial charge in [-0.2, -0.15) is 0 Å². The third kappa shape index (κ3) is 11.2. The molecule has 0 aliphatic heterocycles. The summed E-state index contributed by atoms with van der Waals surface area (Å²) in [6.45, 7) is 4.61. The fourth-order valence-electron chi connectivity index (χ4n) is 27.5. The standard InChI is InChI=1S/C140H96/c1-3-5-7-9-11-13-51-99-101-53-43-47-95-81-89-137-121-69-27-15-57-109(121)133(110-58-16-28-70-122(110)137,111-59-17-29-71-123(111)137)85-39-41-87-135-115-63-21-33-75-127(115)139(128-76-34-22-64-116(128)135,129-77-35-23-65-117(129)135)91-83-97-49-45-55-103-100(52-14-12-10-8-6-4-2)104-56-46-50-98(108(104)94-107(97)103)84-92-140-130-78-36-24-66-118(130)136(119-67-25-37-79-131(119)140,120-68-26-38-80-132(120)140)88-42-40-86-134-112-60-18-30-72-124(112)138(125-73-31-19-61-113(125)134,126-74-32-20-62-114(126)134)90-82-96-48-44-54-102(99)106(96)93-105(95)101/h15-38,43-50,53-80,93-94H,3-14,51-52H2,1-2H3. The van der Waals surface area contributed by atoms with E-state index in [1.165, 1.54) is 84.0 Å². The first-order chi connectivity index (χ1) is 69.3. The van der Waals surface area contributed by atoms with E-state index in [-0.39, 0.29) is 0 Å². The Labute approximate surface area is 821 Å². The quantitative estimate of drug-likeness (QED) is 0.0578. The van der Waals surface area contributed by atoms with Gasteiger partial charge in [0.25, 0.3) is 0 Å². The summed E-state index contributed by atoms with van der Waals surface area (Å²) in [5.74, 6) is 65.0. The molecule has 13 aliphatic carbocycles. The first-order valence-corrected chi connectivity index (χ1v) is 50.7. The number of benzene rings is 18. The Hall–Kier alpha value is -16.5. The van der Waals surface area contributed by atoms with Crippen LogP contribution in [0, 0.1) is 94.7 Å². The zero-order valence-corrected chi connectivity index (χ0v) is 78.7. The van der Waals surface area contributed by atoms with Gasteiger partial charge in [-0.3, -0.25) is 0 Å². The van der Waals surface area contributed by atoms with Crippen LogP contribution < -0.4 is 0 Å². The van der Waals surface area contributed by atoms with E-state index in [0.29, 0.717) is 0 Å². The highest BCUT2D eigenvalue weighted by Crippen LogP contribution is 2.67. The first kappa shape index (κ1) is 82.9. The normalized spacial score (nSPS) is 21.6. The van der Waals surface area contributed by atoms with Gasteiger partial charge in [0.15, 0.2) is 0 Å². The second-order valence-electron chi connectivity index (χ2n) is 39.9. The van der Waals surface area contributed by atoms with Gasteiger partial charge in [0, 0.05) is 22.3 Å². The third-order valence-corrected chi connectivity index (χ3v) is 33.3. The molecule has 0 unspecified atom stereocenters. The lowest BCUT2D eigenvalue weighted by atomic mass is 9.47. The van der Waals surface area contributed by atoms with Gasteiger partial charge in [0.2, 0.25) is 0 Å². The Bertz CT molecular complexity index is 7540. The molecule has 31 rings (SSSR count). The Morgan fingerprint density at radius 2 is 0.300 bits per heavy atom. The van der Waals surface area contributed by atoms with Crippen LogP contribution in [0.3, 0.4) is 0 Å². The van der Waals surface area contributed by atoms with Gasteiger partial charge >= 0.3 is 0 Å². The SMILES string of the molecule is CCCCCCCCc1c2cccc3c2cc2c(cccc12)C#CC12c4ccccc4C(C#CC#CC45c6ccccc6C(C#Cc6cccc7c(CCCCCCCC)c8cccc(c8cc67)C#CC67c8ccccc8C(C#CC#CC89c%10ccccc%10C(C#C3)(c3ccccc38)c3ccccc39)(c3ccccc36)c3ccccc37)(c3ccccc34)c3ccccc35)(c3ccccc31)c1ccccc12. The van der Waals surface area contributed by atoms with Crippen LogP contribution in [0.15, 0.2) is 376 Å². The van der Waals surface area contributed by atoms with Gasteiger partial charge in [-0.25, -0.2) is 0 Å². The van der Waals surface area contributed by atoms with Crippen molar-refractivity contribution in [2.24, 2.45) is 0 Å². The lowest BCUT2D eigenvalue weighted by molar-refractivity contribution is 0.605. The van der Waals surface area contributed by atoms with Crippen LogP contribution in [-0.4, -0.2) is 0 Å². The molecule has 0 nitrogen and oxygen atoms in total. The van der Waals surface area contributed by atoms with Crippen LogP contribution in [0.4, 0.5) is 0 Å². The molecular formula is C140H96. The van der Waals surface area contributed by atoms with Crippen molar-refractivity contribution in [1.82, 2.24) is 0 Å². The molecule has 656 valence electrons. The molecule has 0 heterocycles. The minimum atomic E-state index is -0.915. The molecule has 0 atom stereocenters. The molecule has 0 saturated heterocycles. The predicted molar refractivity (Wildman–Crippen MR) is 572 cm³/mol. The summed E-state index contributed by atoms with van der Waals surface area (Å²) < 4.78 is 0. The van der Waals surface area contributed by atoms with Gasteiger partial charge in [0.1, 0.15) is 43.3 Å². The summed E-state index contributed by atoms with van der Waals surface area (Å²) in [5, 5.41) is 9.42. The van der Waals surface area contributed by atoms with Crippen molar-refractivity contribution in [3.63, 3.8) is 0 Å². The number of aryl methyl sites for hydroxylation is 2. The monoisotopic (exact) mass is 1780 g/mol. The van der Waals surface area contributed by atoms with Crippen molar-refractivity contribution in [2.75, 3.05) is 0 Å². The van der Waals surface area contributed by atoms with Crippen molar-refractivity contribution in [3.05, 3.63) is 543 Å². The molecule has 0 spiro atoms. The molecule has 18 aromatic rings. The highest BCUT2D eigenvalue weighted by atomic mass is 14.6. The van der Waals surface area contributed by atoms with Gasteiger partial charge in [-0.15, -0.1) is 0 Å². The van der Waals surface area contributed by atoms with Crippen LogP contribution in [-0.2, 0) is 56.2 Å². The van der Waals surface area contributed by atoms with Gasteiger partial charge in [-0.1, -0.05) is 489 Å². The molecular weight excluding hydrogens is 1680 g/mol. The van der Waals surface area contributed by atoms with Crippen molar-refractivity contribution in [3.8, 4) is 94.7 Å². The number of unbranched alkanes of at least 4 members (excludes halogenated alkanes) is 10. The molecule has 13 aliphatic rings. The molecule has 0 saturated carbocycles. The molecule has 0 radical (unpaired) electrons. The van der Waals surface area contributed by atoms with Crippen LogP contribution in [0.1, 0.15) is 258 Å². The molecule has 0 fully saturated rings. The second-order valence-corrected chi connectivity index (χ2v) is 39.9. The molecule has 0 N–H and O–H groups in total. The Morgan fingerprint density at radius 1 is 0.150 bits per heavy atom. The second kappa shape index (κ2) is 32.0. The van der Waals surface area contributed by atoms with E-state index in [4.69, 9.17) is 0 Å². The van der Waals surface area contributed by atoms with Crippen LogP contribution in [0.25, 0.3) is 43.1 Å². The van der Waals surface area contributed by atoms with E-state index in [9.17, 15) is 0 Å². The summed E-state index contributed by atoms with van der Waals surface area (Å²) in [5.41, 5.74) is 26.5. The summed E-state index contributed by atoms with van der Waals surface area (Å²) in [7, 11) is 0. The summed E-state index contributed by atoms with van der Waals surface area (Å²) in [6, 6.07) is 141. The number of hydrogen-bond acceptors (Lipinski definition) is 0. The highest BCUT2D eigenvalue weighted by molar-refractivity contribution is 6.08. The largest absolute Gasteiger partial charge is 0.108 e. The number of hydrogen-bond donors (Lipinski definition) is 0. The van der Waals surface area contributed by atoms with E-state index in [2.05, 4.69) is 485 Å². The Kier molecular flexibility index (Phi) is 19.0. The van der Waals surface area contributed by atoms with Crippen LogP contribution >= 0.6 is 0 Å². The molecule has 140 heavy (non-hydrogen) atoms. The maximum atomic E-state index is 4.26. The number of rotatable bonds is 14. The summed E-state index contributed by atoms with van der Waals surface area (Å²) in [6.07, 6.45) is 16.1. The summed E-state index contributed by atoms with van der Waals surface area (Å²) in [4.78, 5) is 0. The topological polar surface area (TPSA) is 0 Å². The van der Waals surface area contributed by atoms with Crippen molar-refractivity contribution in [2.45, 2.75) is 147 Å². The van der Waals surface area contributed by atoms with Crippen molar-refractivity contribution < 1.29 is 0 Å². The maximum absolute atomic E-state index is 4.26. The van der Waals surface area contributed by atoms with E-state index < -0.39 is 43.3 Å². The zero-order valence-electron chi connectivity index (χ0n) is 78.7. The average molecular weight is 1780 g/mol. The van der Waals surface area contributed by atoms with Gasteiger partial charge < -0.3 is 0 Å². The molecule has 0 aromatic heterocycles. The van der Waals surface area contributed by atoms with E-state index in [1.807, 2.05) is 0 Å². The molecule has 18 aromatic carbocycles. The predicted octanol–water partition coefficient (Wildman–Crippen LogP) is 29.2. The fraction of sp³-hybridized carbons (Fsp3) is 0.171. The fourth-order valence-corrected chi connectivity index (χ4v) is 27.5. The molecule has 0 heteroatoms. The van der Waals surface area contributed by atoms with Gasteiger partial charge in [-0.05, 0) is 274 Å². The van der Waals surface area contributed by atoms with Crippen molar-refractivity contribution in [1.29, 1.82) is 0 Å². The lowest BCUT2D eigenvalue weighted by Crippen LogP contribution is -2.50.